The molecule has 0 aliphatic heterocycles. The molecule has 0 fully saturated rings. The third-order valence-corrected chi connectivity index (χ3v) is 5.83. The Morgan fingerprint density at radius 1 is 0.946 bits per heavy atom. The topological polar surface area (TPSA) is 168 Å². The van der Waals surface area contributed by atoms with Crippen LogP contribution in [0.25, 0.3) is 0 Å². The van der Waals surface area contributed by atoms with Crippen LogP contribution in [0.15, 0.2) is 30.9 Å². The van der Waals surface area contributed by atoms with Crippen LogP contribution in [0.1, 0.15) is 61.1 Å². The van der Waals surface area contributed by atoms with Gasteiger partial charge >= 0.3 is 6.18 Å². The number of aromatic nitrogens is 4. The van der Waals surface area contributed by atoms with Gasteiger partial charge in [-0.2, -0.15) is 13.2 Å². The molecule has 3 rings (SSSR count). The average molecular weight is 557 g/mol. The molecule has 1 unspecified atom stereocenters. The average Bonchev–Trinajstić information content (AvgIpc) is 3.34. The first-order chi connectivity index (χ1) is 17.3. The Morgan fingerprint density at radius 3 is 2.27 bits per heavy atom. The molecule has 3 heterocycles. The standard InChI is InChI=1S/C20H16ClF3N8O4S/c1-8(29-16(34)12-4-13(28-7-27-12)17(35)32-31-9(2)33)19-26-6-14(37-19)18(36)30-15-3-10(20(22,23)24)11(21)5-25-15/h3-8H,1-2H3,(H,29,34)(H,31,33)(H,32,35)(H,25,30,36). The second-order valence-corrected chi connectivity index (χ2v) is 8.65. The molecule has 4 amide bonds. The van der Waals surface area contributed by atoms with E-state index >= 15 is 0 Å². The highest BCUT2D eigenvalue weighted by Gasteiger charge is 2.34. The number of carbonyl (C=O) groups excluding carboxylic acids is 4. The maximum absolute atomic E-state index is 13.0. The fraction of sp³-hybridized carbons (Fsp3) is 0.200. The minimum Gasteiger partial charge on any atom is -0.342 e. The normalized spacial score (nSPS) is 11.8. The fourth-order valence-corrected chi connectivity index (χ4v) is 3.67. The van der Waals surface area contributed by atoms with Crippen LogP contribution in [0, 0.1) is 0 Å². The van der Waals surface area contributed by atoms with Crippen LogP contribution >= 0.6 is 22.9 Å². The van der Waals surface area contributed by atoms with Gasteiger partial charge in [-0.15, -0.1) is 11.3 Å². The Hall–Kier alpha value is -4.18. The number of pyridine rings is 1. The van der Waals surface area contributed by atoms with Gasteiger partial charge in [0.15, 0.2) is 0 Å². The fourth-order valence-electron chi connectivity index (χ4n) is 2.64. The second-order valence-electron chi connectivity index (χ2n) is 7.18. The van der Waals surface area contributed by atoms with E-state index in [0.717, 1.165) is 29.9 Å². The number of amides is 4. The quantitative estimate of drug-likeness (QED) is 0.336. The van der Waals surface area contributed by atoms with Gasteiger partial charge < -0.3 is 10.6 Å². The number of halogens is 4. The highest BCUT2D eigenvalue weighted by Crippen LogP contribution is 2.35. The number of nitrogens with zero attached hydrogens (tertiary/aromatic N) is 4. The Kier molecular flexibility index (Phi) is 8.34. The number of thiazole rings is 1. The van der Waals surface area contributed by atoms with Crippen molar-refractivity contribution in [3.63, 3.8) is 0 Å². The van der Waals surface area contributed by atoms with E-state index in [1.165, 1.54) is 13.1 Å². The predicted octanol–water partition coefficient (Wildman–Crippen LogP) is 2.52. The third-order valence-electron chi connectivity index (χ3n) is 4.35. The van der Waals surface area contributed by atoms with Gasteiger partial charge in [0.1, 0.15) is 33.4 Å². The van der Waals surface area contributed by atoms with Crippen molar-refractivity contribution in [3.05, 3.63) is 62.7 Å². The zero-order valence-corrected chi connectivity index (χ0v) is 20.4. The van der Waals surface area contributed by atoms with Crippen LogP contribution in [-0.4, -0.2) is 43.6 Å². The molecule has 37 heavy (non-hydrogen) atoms. The van der Waals surface area contributed by atoms with Gasteiger partial charge in [0.2, 0.25) is 5.91 Å². The van der Waals surface area contributed by atoms with Crippen molar-refractivity contribution in [2.75, 3.05) is 5.32 Å². The molecule has 0 spiro atoms. The summed E-state index contributed by atoms with van der Waals surface area (Å²) in [7, 11) is 0. The highest BCUT2D eigenvalue weighted by molar-refractivity contribution is 7.13. The van der Waals surface area contributed by atoms with Crippen LogP contribution in [0.2, 0.25) is 5.02 Å². The zero-order chi connectivity index (χ0) is 27.3. The highest BCUT2D eigenvalue weighted by atomic mass is 35.5. The molecular weight excluding hydrogens is 541 g/mol. The molecule has 0 radical (unpaired) electrons. The van der Waals surface area contributed by atoms with Gasteiger partial charge in [-0.25, -0.2) is 19.9 Å². The molecule has 0 bridgehead atoms. The second kappa shape index (κ2) is 11.3. The minimum absolute atomic E-state index is 0.0420. The number of carbonyl (C=O) groups is 4. The number of hydrazine groups is 1. The van der Waals surface area contributed by atoms with Gasteiger partial charge in [0.25, 0.3) is 17.7 Å². The Morgan fingerprint density at radius 2 is 1.62 bits per heavy atom. The summed E-state index contributed by atoms with van der Waals surface area (Å²) in [4.78, 5) is 63.3. The summed E-state index contributed by atoms with van der Waals surface area (Å²) in [6.45, 7) is 2.76. The summed E-state index contributed by atoms with van der Waals surface area (Å²) in [6, 6.07) is 1.00. The van der Waals surface area contributed by atoms with E-state index in [1.54, 1.807) is 6.92 Å². The van der Waals surface area contributed by atoms with Crippen LogP contribution < -0.4 is 21.5 Å². The van der Waals surface area contributed by atoms with Crippen LogP contribution in [0.3, 0.4) is 0 Å². The van der Waals surface area contributed by atoms with Crippen molar-refractivity contribution < 1.29 is 32.3 Å². The van der Waals surface area contributed by atoms with Crippen molar-refractivity contribution in [2.24, 2.45) is 0 Å². The third kappa shape index (κ3) is 7.17. The van der Waals surface area contributed by atoms with Crippen molar-refractivity contribution in [3.8, 4) is 0 Å². The van der Waals surface area contributed by atoms with Gasteiger partial charge in [-0.3, -0.25) is 30.0 Å². The number of hydrogen-bond acceptors (Lipinski definition) is 9. The zero-order valence-electron chi connectivity index (χ0n) is 18.8. The van der Waals surface area contributed by atoms with Crippen LogP contribution in [0.5, 0.6) is 0 Å². The number of rotatable bonds is 6. The van der Waals surface area contributed by atoms with E-state index in [4.69, 9.17) is 11.6 Å². The van der Waals surface area contributed by atoms with Crippen molar-refractivity contribution >= 4 is 52.4 Å². The first-order valence-corrected chi connectivity index (χ1v) is 11.2. The Balaban J connectivity index is 1.65. The van der Waals surface area contributed by atoms with Crippen molar-refractivity contribution in [1.29, 1.82) is 0 Å². The largest absolute Gasteiger partial charge is 0.418 e. The first-order valence-electron chi connectivity index (χ1n) is 10.0. The molecule has 3 aromatic rings. The smallest absolute Gasteiger partial charge is 0.342 e. The molecule has 12 nitrogen and oxygen atoms in total. The first kappa shape index (κ1) is 27.4. The summed E-state index contributed by atoms with van der Waals surface area (Å²) in [6.07, 6.45) is -1.78. The van der Waals surface area contributed by atoms with Crippen LogP contribution in [0.4, 0.5) is 19.0 Å². The molecular formula is C20H16ClF3N8O4S. The summed E-state index contributed by atoms with van der Waals surface area (Å²) >= 11 is 6.41. The van der Waals surface area contributed by atoms with E-state index in [-0.39, 0.29) is 22.1 Å². The number of alkyl halides is 3. The lowest BCUT2D eigenvalue weighted by molar-refractivity contribution is -0.137. The molecule has 0 aromatic carbocycles. The number of nitrogens with one attached hydrogen (secondary N) is 4. The number of hydrogen-bond donors (Lipinski definition) is 4. The summed E-state index contributed by atoms with van der Waals surface area (Å²) < 4.78 is 39.1. The molecule has 0 saturated heterocycles. The lowest BCUT2D eigenvalue weighted by Crippen LogP contribution is -2.40. The molecule has 1 atom stereocenters. The predicted molar refractivity (Wildman–Crippen MR) is 124 cm³/mol. The lowest BCUT2D eigenvalue weighted by Gasteiger charge is -2.11. The van der Waals surface area contributed by atoms with Crippen molar-refractivity contribution in [2.45, 2.75) is 26.1 Å². The molecule has 4 N–H and O–H groups in total. The van der Waals surface area contributed by atoms with E-state index < -0.39 is 46.4 Å². The molecule has 0 aliphatic carbocycles. The summed E-state index contributed by atoms with van der Waals surface area (Å²) in [5, 5.41) is 4.53. The minimum atomic E-state index is -4.73. The molecule has 17 heteroatoms. The molecule has 194 valence electrons. The Bertz CT molecular complexity index is 1370. The lowest BCUT2D eigenvalue weighted by atomic mass is 10.2. The van der Waals surface area contributed by atoms with Gasteiger partial charge in [0, 0.05) is 19.2 Å². The summed E-state index contributed by atoms with van der Waals surface area (Å²) in [5.41, 5.74) is 2.70. The maximum atomic E-state index is 13.0. The maximum Gasteiger partial charge on any atom is 0.418 e. The van der Waals surface area contributed by atoms with E-state index in [9.17, 15) is 32.3 Å². The van der Waals surface area contributed by atoms with Gasteiger partial charge in [-0.1, -0.05) is 11.6 Å². The van der Waals surface area contributed by atoms with E-state index in [2.05, 4.69) is 41.4 Å². The monoisotopic (exact) mass is 556 g/mol. The van der Waals surface area contributed by atoms with E-state index in [1.807, 2.05) is 0 Å². The van der Waals surface area contributed by atoms with Crippen molar-refractivity contribution in [1.82, 2.24) is 36.1 Å². The van der Waals surface area contributed by atoms with Crippen LogP contribution in [-0.2, 0) is 11.0 Å². The summed E-state index contributed by atoms with van der Waals surface area (Å²) in [5.74, 6) is -3.10. The Labute approximate surface area is 215 Å². The molecule has 3 aromatic heterocycles. The van der Waals surface area contributed by atoms with Gasteiger partial charge in [-0.05, 0) is 13.0 Å². The SMILES string of the molecule is CC(=O)NNC(=O)c1cc(C(=O)NC(C)c2ncc(C(=O)Nc3cc(C(F)(F)F)c(Cl)cn3)s2)ncn1. The van der Waals surface area contributed by atoms with Gasteiger partial charge in [0.05, 0.1) is 22.8 Å². The molecule has 0 aliphatic rings. The molecule has 0 saturated carbocycles. The van der Waals surface area contributed by atoms with E-state index in [0.29, 0.717) is 11.1 Å². The number of anilines is 1.